The first-order valence-electron chi connectivity index (χ1n) is 5.89. The predicted molar refractivity (Wildman–Crippen MR) is 79.3 cm³/mol. The van der Waals surface area contributed by atoms with Crippen LogP contribution in [0.25, 0.3) is 0 Å². The average Bonchev–Trinajstić information content (AvgIpc) is 2.46. The molecule has 0 atom stereocenters. The van der Waals surface area contributed by atoms with E-state index < -0.39 is 0 Å². The number of aromatic nitrogens is 1. The molecule has 2 rings (SSSR count). The van der Waals surface area contributed by atoms with E-state index in [0.717, 1.165) is 4.47 Å². The Hall–Kier alpha value is -2.21. The van der Waals surface area contributed by atoms with Crippen LogP contribution in [0.4, 0.5) is 5.69 Å². The first kappa shape index (κ1) is 14.2. The van der Waals surface area contributed by atoms with E-state index in [9.17, 15) is 9.59 Å². The summed E-state index contributed by atoms with van der Waals surface area (Å²) >= 11 is 3.32. The van der Waals surface area contributed by atoms with E-state index >= 15 is 0 Å². The smallest absolute Gasteiger partial charge is 0.253 e. The second-order valence-electron chi connectivity index (χ2n) is 3.98. The molecular formula is C14H12BrN3O2. The number of nitrogens with one attached hydrogen (secondary N) is 2. The Morgan fingerprint density at radius 3 is 2.75 bits per heavy atom. The molecule has 2 aromatic rings. The third-order valence-corrected chi connectivity index (χ3v) is 2.93. The highest BCUT2D eigenvalue weighted by atomic mass is 79.9. The van der Waals surface area contributed by atoms with E-state index in [1.807, 2.05) is 12.1 Å². The summed E-state index contributed by atoms with van der Waals surface area (Å²) in [5, 5.41) is 5.22. The molecule has 0 aliphatic heterocycles. The van der Waals surface area contributed by atoms with Crippen molar-refractivity contribution in [3.63, 3.8) is 0 Å². The summed E-state index contributed by atoms with van der Waals surface area (Å²) in [6, 6.07) is 10.5. The molecule has 0 spiro atoms. The Morgan fingerprint density at radius 2 is 2.05 bits per heavy atom. The Balaban J connectivity index is 1.85. The van der Waals surface area contributed by atoms with Crippen LogP contribution >= 0.6 is 15.9 Å². The third-order valence-electron chi connectivity index (χ3n) is 2.44. The standard InChI is InChI=1S/C14H12BrN3O2/c15-11-4-1-5-12(7-11)18-13(19)9-17-14(20)10-3-2-6-16-8-10/h1-8H,9H2,(H,17,20)(H,18,19). The van der Waals surface area contributed by atoms with Gasteiger partial charge in [-0.3, -0.25) is 14.6 Å². The van der Waals surface area contributed by atoms with Gasteiger partial charge in [-0.1, -0.05) is 22.0 Å². The first-order valence-corrected chi connectivity index (χ1v) is 6.68. The molecule has 0 aliphatic carbocycles. The molecule has 1 aromatic heterocycles. The Morgan fingerprint density at radius 1 is 1.20 bits per heavy atom. The number of amides is 2. The Kier molecular flexibility index (Phi) is 4.84. The van der Waals surface area contributed by atoms with E-state index in [2.05, 4.69) is 31.5 Å². The van der Waals surface area contributed by atoms with Gasteiger partial charge in [-0.2, -0.15) is 0 Å². The fourth-order valence-electron chi connectivity index (χ4n) is 1.53. The second-order valence-corrected chi connectivity index (χ2v) is 4.90. The zero-order valence-electron chi connectivity index (χ0n) is 10.5. The van der Waals surface area contributed by atoms with E-state index in [4.69, 9.17) is 0 Å². The molecule has 2 amide bonds. The molecule has 5 nitrogen and oxygen atoms in total. The van der Waals surface area contributed by atoms with Crippen molar-refractivity contribution in [2.75, 3.05) is 11.9 Å². The number of carbonyl (C=O) groups is 2. The lowest BCUT2D eigenvalue weighted by atomic mass is 10.2. The highest BCUT2D eigenvalue weighted by Crippen LogP contribution is 2.15. The van der Waals surface area contributed by atoms with Gasteiger partial charge in [0.2, 0.25) is 5.91 Å². The SMILES string of the molecule is O=C(CNC(=O)c1cccnc1)Nc1cccc(Br)c1. The summed E-state index contributed by atoms with van der Waals surface area (Å²) in [5.41, 5.74) is 1.09. The maximum Gasteiger partial charge on any atom is 0.253 e. The summed E-state index contributed by atoms with van der Waals surface area (Å²) in [5.74, 6) is -0.622. The molecule has 102 valence electrons. The van der Waals surface area contributed by atoms with Crippen molar-refractivity contribution in [2.45, 2.75) is 0 Å². The van der Waals surface area contributed by atoms with E-state index in [0.29, 0.717) is 11.3 Å². The molecule has 0 unspecified atom stereocenters. The minimum atomic E-state index is -0.331. The van der Waals surface area contributed by atoms with Crippen molar-refractivity contribution in [1.82, 2.24) is 10.3 Å². The number of hydrogen-bond donors (Lipinski definition) is 2. The monoisotopic (exact) mass is 333 g/mol. The molecule has 20 heavy (non-hydrogen) atoms. The summed E-state index contributed by atoms with van der Waals surface area (Å²) in [6.45, 7) is -0.0970. The van der Waals surface area contributed by atoms with Crippen LogP contribution in [0.15, 0.2) is 53.3 Å². The highest BCUT2D eigenvalue weighted by molar-refractivity contribution is 9.10. The van der Waals surface area contributed by atoms with Crippen molar-refractivity contribution in [2.24, 2.45) is 0 Å². The zero-order valence-corrected chi connectivity index (χ0v) is 12.1. The normalized spacial score (nSPS) is 9.85. The highest BCUT2D eigenvalue weighted by Gasteiger charge is 2.08. The van der Waals surface area contributed by atoms with Gasteiger partial charge < -0.3 is 10.6 Å². The van der Waals surface area contributed by atoms with Gasteiger partial charge in [0.05, 0.1) is 12.1 Å². The van der Waals surface area contributed by atoms with Crippen molar-refractivity contribution in [1.29, 1.82) is 0 Å². The number of pyridine rings is 1. The Bertz CT molecular complexity index is 617. The summed E-state index contributed by atoms with van der Waals surface area (Å²) in [7, 11) is 0. The lowest BCUT2D eigenvalue weighted by molar-refractivity contribution is -0.115. The lowest BCUT2D eigenvalue weighted by Gasteiger charge is -2.07. The molecule has 1 aromatic carbocycles. The number of benzene rings is 1. The zero-order chi connectivity index (χ0) is 14.4. The molecule has 0 fully saturated rings. The van der Waals surface area contributed by atoms with Crippen LogP contribution in [0.5, 0.6) is 0 Å². The van der Waals surface area contributed by atoms with Crippen molar-refractivity contribution < 1.29 is 9.59 Å². The van der Waals surface area contributed by atoms with Crippen LogP contribution < -0.4 is 10.6 Å². The molecule has 6 heteroatoms. The lowest BCUT2D eigenvalue weighted by Crippen LogP contribution is -2.32. The predicted octanol–water partition coefficient (Wildman–Crippen LogP) is 2.21. The fourth-order valence-corrected chi connectivity index (χ4v) is 1.93. The molecule has 0 radical (unpaired) electrons. The van der Waals surface area contributed by atoms with Gasteiger partial charge in [-0.15, -0.1) is 0 Å². The van der Waals surface area contributed by atoms with Crippen LogP contribution in [0.2, 0.25) is 0 Å². The van der Waals surface area contributed by atoms with Crippen LogP contribution in [-0.4, -0.2) is 23.3 Å². The van der Waals surface area contributed by atoms with E-state index in [-0.39, 0.29) is 18.4 Å². The van der Waals surface area contributed by atoms with E-state index in [1.54, 1.807) is 30.5 Å². The van der Waals surface area contributed by atoms with Crippen LogP contribution in [0.3, 0.4) is 0 Å². The average molecular weight is 334 g/mol. The van der Waals surface area contributed by atoms with Crippen molar-refractivity contribution in [3.05, 3.63) is 58.8 Å². The summed E-state index contributed by atoms with van der Waals surface area (Å²) < 4.78 is 0.870. The number of nitrogens with zero attached hydrogens (tertiary/aromatic N) is 1. The van der Waals surface area contributed by atoms with Gasteiger partial charge in [-0.25, -0.2) is 0 Å². The third kappa shape index (κ3) is 4.17. The number of carbonyl (C=O) groups excluding carboxylic acids is 2. The maximum absolute atomic E-state index is 11.7. The van der Waals surface area contributed by atoms with Gasteiger partial charge in [0.15, 0.2) is 0 Å². The van der Waals surface area contributed by atoms with Gasteiger partial charge in [-0.05, 0) is 30.3 Å². The largest absolute Gasteiger partial charge is 0.343 e. The number of anilines is 1. The molecular weight excluding hydrogens is 322 g/mol. The Labute approximate surface area is 124 Å². The van der Waals surface area contributed by atoms with Crippen molar-refractivity contribution >= 4 is 33.4 Å². The van der Waals surface area contributed by atoms with E-state index in [1.165, 1.54) is 6.20 Å². The molecule has 0 aliphatic rings. The number of halogens is 1. The van der Waals surface area contributed by atoms with Crippen molar-refractivity contribution in [3.8, 4) is 0 Å². The first-order chi connectivity index (χ1) is 9.65. The van der Waals surface area contributed by atoms with Crippen LogP contribution in [0, 0.1) is 0 Å². The van der Waals surface area contributed by atoms with Crippen LogP contribution in [0.1, 0.15) is 10.4 Å². The quantitative estimate of drug-likeness (QED) is 0.901. The minimum Gasteiger partial charge on any atom is -0.343 e. The number of hydrogen-bond acceptors (Lipinski definition) is 3. The molecule has 0 saturated carbocycles. The summed E-state index contributed by atoms with van der Waals surface area (Å²) in [6.07, 6.45) is 3.03. The topological polar surface area (TPSA) is 71.1 Å². The van der Waals surface area contributed by atoms with Gasteiger partial charge in [0, 0.05) is 22.6 Å². The maximum atomic E-state index is 11.7. The molecule has 0 bridgehead atoms. The minimum absolute atomic E-state index is 0.0970. The number of rotatable bonds is 4. The van der Waals surface area contributed by atoms with Gasteiger partial charge >= 0.3 is 0 Å². The van der Waals surface area contributed by atoms with Crippen LogP contribution in [-0.2, 0) is 4.79 Å². The summed E-state index contributed by atoms with van der Waals surface area (Å²) in [4.78, 5) is 27.3. The molecule has 1 heterocycles. The van der Waals surface area contributed by atoms with Gasteiger partial charge in [0.1, 0.15) is 0 Å². The second kappa shape index (κ2) is 6.81. The molecule has 2 N–H and O–H groups in total. The van der Waals surface area contributed by atoms with Gasteiger partial charge in [0.25, 0.3) is 5.91 Å². The molecule has 0 saturated heterocycles. The fraction of sp³-hybridized carbons (Fsp3) is 0.0714.